The van der Waals surface area contributed by atoms with Crippen LogP contribution in [0.4, 0.5) is 0 Å². The lowest BCUT2D eigenvalue weighted by atomic mass is 9.94. The van der Waals surface area contributed by atoms with Crippen molar-refractivity contribution in [1.82, 2.24) is 20.3 Å². The third-order valence-corrected chi connectivity index (χ3v) is 7.67. The molecule has 198 valence electrons. The molecule has 0 bridgehead atoms. The molecular formula is C31H29ClN4O3. The molecule has 1 amide bonds. The number of pyridine rings is 1. The Morgan fingerprint density at radius 2 is 1.74 bits per heavy atom. The van der Waals surface area contributed by atoms with Crippen molar-refractivity contribution in [2.75, 3.05) is 26.7 Å². The first-order chi connectivity index (χ1) is 19.0. The number of carbonyl (C=O) groups excluding carboxylic acids is 1. The maximum absolute atomic E-state index is 13.7. The molecule has 3 aromatic carbocycles. The van der Waals surface area contributed by atoms with E-state index in [1.165, 1.54) is 0 Å². The third-order valence-electron chi connectivity index (χ3n) is 7.44. The van der Waals surface area contributed by atoms with Crippen molar-refractivity contribution in [3.05, 3.63) is 105 Å². The van der Waals surface area contributed by atoms with Crippen LogP contribution in [0.2, 0.25) is 5.02 Å². The van der Waals surface area contributed by atoms with Crippen molar-refractivity contribution in [3.8, 4) is 16.9 Å². The van der Waals surface area contributed by atoms with Crippen molar-refractivity contribution in [2.45, 2.75) is 18.9 Å². The minimum absolute atomic E-state index is 0.0689. The number of hydrazine groups is 1. The second-order valence-electron chi connectivity index (χ2n) is 9.89. The summed E-state index contributed by atoms with van der Waals surface area (Å²) >= 11 is 6.42. The average Bonchev–Trinajstić information content (AvgIpc) is 3.63. The summed E-state index contributed by atoms with van der Waals surface area (Å²) in [7, 11) is 1.62. The molecule has 0 radical (unpaired) electrons. The molecule has 4 aromatic rings. The molecule has 8 heteroatoms. The van der Waals surface area contributed by atoms with Gasteiger partial charge in [-0.05, 0) is 61.8 Å². The first kappa shape index (κ1) is 25.2. The van der Waals surface area contributed by atoms with Gasteiger partial charge in [0.05, 0.1) is 24.9 Å². The van der Waals surface area contributed by atoms with Crippen molar-refractivity contribution >= 4 is 34.1 Å². The zero-order chi connectivity index (χ0) is 26.9. The summed E-state index contributed by atoms with van der Waals surface area (Å²) in [5.74, 6) is 0.601. The molecule has 1 fully saturated rings. The first-order valence-corrected chi connectivity index (χ1v) is 13.5. The van der Waals surface area contributed by atoms with E-state index in [1.54, 1.807) is 18.2 Å². The molecular weight excluding hydrogens is 512 g/mol. The summed E-state index contributed by atoms with van der Waals surface area (Å²) in [4.78, 5) is 32.6. The number of carbonyl (C=O) groups is 1. The molecule has 2 aliphatic rings. The number of halogens is 1. The second kappa shape index (κ2) is 10.6. The van der Waals surface area contributed by atoms with Gasteiger partial charge in [0, 0.05) is 27.1 Å². The highest BCUT2D eigenvalue weighted by Gasteiger charge is 2.35. The average molecular weight is 541 g/mol. The standard InChI is InChI=1S/C31H29ClN4O3/c1-39-27-12-6-5-11-22(27)26-18-25(34-36(26)28(37)19-35-15-7-8-16-35)30-29(20-9-3-2-4-10-20)23-17-21(32)13-14-24(23)33-31(30)38/h2-6,9-14,17-18,26,34H,7-8,15-16,19H2,1H3,(H,33,38)/t26-/m1/s1. The lowest BCUT2D eigenvalue weighted by molar-refractivity contribution is -0.135. The Kier molecular flexibility index (Phi) is 6.85. The van der Waals surface area contributed by atoms with Gasteiger partial charge in [-0.3, -0.25) is 19.9 Å². The Labute approximate surface area is 231 Å². The number of hydrogen-bond acceptors (Lipinski definition) is 5. The molecule has 0 aliphatic carbocycles. The molecule has 1 aromatic heterocycles. The van der Waals surface area contributed by atoms with E-state index in [0.29, 0.717) is 34.1 Å². The van der Waals surface area contributed by atoms with Crippen LogP contribution in [0.5, 0.6) is 5.75 Å². The lowest BCUT2D eigenvalue weighted by Crippen LogP contribution is -2.45. The quantitative estimate of drug-likeness (QED) is 0.343. The number of rotatable bonds is 6. The van der Waals surface area contributed by atoms with Crippen LogP contribution in [-0.4, -0.2) is 47.5 Å². The van der Waals surface area contributed by atoms with E-state index in [4.69, 9.17) is 16.3 Å². The third kappa shape index (κ3) is 4.80. The van der Waals surface area contributed by atoms with Gasteiger partial charge in [0.2, 0.25) is 0 Å². The number of ether oxygens (including phenoxy) is 1. The number of H-pyrrole nitrogens is 1. The smallest absolute Gasteiger partial charge is 0.258 e. The molecule has 6 rings (SSSR count). The zero-order valence-corrected chi connectivity index (χ0v) is 22.4. The number of hydrogen-bond donors (Lipinski definition) is 2. The van der Waals surface area contributed by atoms with Gasteiger partial charge < -0.3 is 9.72 Å². The first-order valence-electron chi connectivity index (χ1n) is 13.1. The lowest BCUT2D eigenvalue weighted by Gasteiger charge is -2.28. The number of nitrogens with one attached hydrogen (secondary N) is 2. The SMILES string of the molecule is COc1ccccc1[C@H]1C=C(c2c(-c3ccccc3)c3cc(Cl)ccc3[nH]c2=O)NN1C(=O)CN1CCCC1. The summed E-state index contributed by atoms with van der Waals surface area (Å²) < 4.78 is 5.66. The molecule has 1 atom stereocenters. The van der Waals surface area contributed by atoms with Gasteiger partial charge in [-0.2, -0.15) is 0 Å². The summed E-state index contributed by atoms with van der Waals surface area (Å²) in [6, 6.07) is 22.4. The number of likely N-dealkylation sites (tertiary alicyclic amines) is 1. The van der Waals surface area contributed by atoms with Crippen molar-refractivity contribution in [3.63, 3.8) is 0 Å². The van der Waals surface area contributed by atoms with Crippen LogP contribution in [-0.2, 0) is 4.79 Å². The van der Waals surface area contributed by atoms with Crippen LogP contribution in [0.3, 0.4) is 0 Å². The summed E-state index contributed by atoms with van der Waals surface area (Å²) in [6.45, 7) is 2.11. The van der Waals surface area contributed by atoms with E-state index in [1.807, 2.05) is 72.8 Å². The number of para-hydroxylation sites is 1. The molecule has 1 saturated heterocycles. The molecule has 0 saturated carbocycles. The van der Waals surface area contributed by atoms with Crippen molar-refractivity contribution in [1.29, 1.82) is 0 Å². The van der Waals surface area contributed by atoms with Crippen molar-refractivity contribution in [2.24, 2.45) is 0 Å². The zero-order valence-electron chi connectivity index (χ0n) is 21.6. The predicted octanol–water partition coefficient (Wildman–Crippen LogP) is 5.38. The molecule has 3 heterocycles. The number of methoxy groups -OCH3 is 1. The minimum Gasteiger partial charge on any atom is -0.496 e. The molecule has 0 unspecified atom stereocenters. The monoisotopic (exact) mass is 540 g/mol. The fourth-order valence-electron chi connectivity index (χ4n) is 5.60. The van der Waals surface area contributed by atoms with Crippen LogP contribution in [0.25, 0.3) is 27.7 Å². The Hall–Kier alpha value is -4.07. The maximum Gasteiger partial charge on any atom is 0.258 e. The van der Waals surface area contributed by atoms with Crippen LogP contribution in [0.15, 0.2) is 83.7 Å². The number of aromatic amines is 1. The van der Waals surface area contributed by atoms with Crippen LogP contribution < -0.4 is 15.7 Å². The van der Waals surface area contributed by atoms with Gasteiger partial charge in [0.25, 0.3) is 11.5 Å². The second-order valence-corrected chi connectivity index (χ2v) is 10.3. The van der Waals surface area contributed by atoms with Crippen molar-refractivity contribution < 1.29 is 9.53 Å². The largest absolute Gasteiger partial charge is 0.496 e. The molecule has 2 aliphatic heterocycles. The highest BCUT2D eigenvalue weighted by atomic mass is 35.5. The fourth-order valence-corrected chi connectivity index (χ4v) is 5.77. The Bertz CT molecular complexity index is 1630. The Balaban J connectivity index is 1.53. The van der Waals surface area contributed by atoms with Gasteiger partial charge in [-0.25, -0.2) is 5.01 Å². The van der Waals surface area contributed by atoms with Gasteiger partial charge in [0.1, 0.15) is 11.8 Å². The predicted molar refractivity (Wildman–Crippen MR) is 154 cm³/mol. The Morgan fingerprint density at radius 1 is 1.00 bits per heavy atom. The Morgan fingerprint density at radius 3 is 2.51 bits per heavy atom. The number of benzene rings is 3. The number of aromatic nitrogens is 1. The summed E-state index contributed by atoms with van der Waals surface area (Å²) in [6.07, 6.45) is 4.12. The number of fused-ring (bicyclic) bond motifs is 1. The van der Waals surface area contributed by atoms with E-state index in [2.05, 4.69) is 15.3 Å². The summed E-state index contributed by atoms with van der Waals surface area (Å²) in [5.41, 5.74) is 7.23. The number of amides is 1. The van der Waals surface area contributed by atoms with E-state index in [9.17, 15) is 9.59 Å². The molecule has 0 spiro atoms. The molecule has 2 N–H and O–H groups in total. The van der Waals surface area contributed by atoms with Crippen LogP contribution >= 0.6 is 11.6 Å². The normalized spacial score (nSPS) is 17.3. The van der Waals surface area contributed by atoms with Gasteiger partial charge in [-0.15, -0.1) is 0 Å². The topological polar surface area (TPSA) is 77.7 Å². The molecule has 39 heavy (non-hydrogen) atoms. The fraction of sp³-hybridized carbons (Fsp3) is 0.226. The highest BCUT2D eigenvalue weighted by Crippen LogP contribution is 2.39. The highest BCUT2D eigenvalue weighted by molar-refractivity contribution is 6.31. The van der Waals surface area contributed by atoms with Gasteiger partial charge in [0.15, 0.2) is 0 Å². The minimum atomic E-state index is -0.468. The molecule has 7 nitrogen and oxygen atoms in total. The van der Waals surface area contributed by atoms with Crippen LogP contribution in [0, 0.1) is 0 Å². The maximum atomic E-state index is 13.7. The van der Waals surface area contributed by atoms with Crippen LogP contribution in [0.1, 0.15) is 30.0 Å². The van der Waals surface area contributed by atoms with E-state index >= 15 is 0 Å². The van der Waals surface area contributed by atoms with E-state index in [0.717, 1.165) is 48.0 Å². The van der Waals surface area contributed by atoms with Gasteiger partial charge >= 0.3 is 0 Å². The summed E-state index contributed by atoms with van der Waals surface area (Å²) in [5, 5.41) is 3.02. The van der Waals surface area contributed by atoms with E-state index < -0.39 is 6.04 Å². The van der Waals surface area contributed by atoms with E-state index in [-0.39, 0.29) is 11.5 Å². The van der Waals surface area contributed by atoms with Gasteiger partial charge in [-0.1, -0.05) is 60.1 Å². The number of nitrogens with zero attached hydrogens (tertiary/aromatic N) is 2.